The van der Waals surface area contributed by atoms with E-state index in [-0.39, 0.29) is 32.2 Å². The van der Waals surface area contributed by atoms with Gasteiger partial charge < -0.3 is 31.5 Å². The Bertz CT molecular complexity index is 226. The van der Waals surface area contributed by atoms with Gasteiger partial charge in [-0.25, -0.2) is 9.59 Å². The largest absolute Gasteiger partial charge is 1.00 e. The monoisotopic (exact) mass is 255 g/mol. The van der Waals surface area contributed by atoms with Crippen LogP contribution in [-0.4, -0.2) is 69.0 Å². The fourth-order valence-corrected chi connectivity index (χ4v) is 0.668. The summed E-state index contributed by atoms with van der Waals surface area (Å²) in [5, 5.41) is 8.35. The number of carbonyl (C=O) groups excluding carboxylic acids is 2. The van der Waals surface area contributed by atoms with Crippen LogP contribution in [-0.2, 0) is 19.1 Å². The molecule has 0 saturated carbocycles. The van der Waals surface area contributed by atoms with Crippen molar-refractivity contribution >= 4 is 11.9 Å². The maximum Gasteiger partial charge on any atom is 0.417 e. The summed E-state index contributed by atoms with van der Waals surface area (Å²) in [7, 11) is 5.83. The van der Waals surface area contributed by atoms with E-state index >= 15 is 0 Å². The molecule has 0 fully saturated rings. The quantitative estimate of drug-likeness (QED) is 0.306. The van der Waals surface area contributed by atoms with Gasteiger partial charge in [0.05, 0.1) is 27.7 Å². The molecule has 0 aliphatic rings. The van der Waals surface area contributed by atoms with Crippen LogP contribution in [0.1, 0.15) is 0 Å². The molecule has 0 rings (SSSR count). The number of carbonyl (C=O) groups is 2. The zero-order valence-corrected chi connectivity index (χ0v) is 10.5. The predicted octanol–water partition coefficient (Wildman–Crippen LogP) is -4.22. The molecule has 0 atom stereocenters. The van der Waals surface area contributed by atoms with Gasteiger partial charge in [-0.05, 0) is 0 Å². The molecule has 6 nitrogen and oxygen atoms in total. The molecule has 1 N–H and O–H groups in total. The SMILES string of the molecule is C[N+](C)(C)CCOC(=O)C(=O)OCCO.[Cl-]. The van der Waals surface area contributed by atoms with Gasteiger partial charge in [-0.3, -0.25) is 0 Å². The third-order valence-electron chi connectivity index (χ3n) is 1.49. The fourth-order valence-electron chi connectivity index (χ4n) is 0.668. The van der Waals surface area contributed by atoms with Crippen molar-refractivity contribution in [2.24, 2.45) is 0 Å². The van der Waals surface area contributed by atoms with Crippen LogP contribution in [0.15, 0.2) is 0 Å². The number of quaternary nitrogens is 1. The van der Waals surface area contributed by atoms with Gasteiger partial charge in [0.2, 0.25) is 0 Å². The molecule has 0 spiro atoms. The molecule has 0 aliphatic heterocycles. The van der Waals surface area contributed by atoms with Crippen molar-refractivity contribution in [1.82, 2.24) is 0 Å². The van der Waals surface area contributed by atoms with Crippen LogP contribution < -0.4 is 12.4 Å². The predicted molar refractivity (Wildman–Crippen MR) is 51.9 cm³/mol. The first-order valence-electron chi connectivity index (χ1n) is 4.62. The normalized spacial score (nSPS) is 10.2. The minimum Gasteiger partial charge on any atom is -1.00 e. The highest BCUT2D eigenvalue weighted by Crippen LogP contribution is 1.91. The molecule has 7 heteroatoms. The fraction of sp³-hybridized carbons (Fsp3) is 0.778. The Kier molecular flexibility index (Phi) is 9.12. The van der Waals surface area contributed by atoms with Gasteiger partial charge in [-0.2, -0.15) is 0 Å². The molecule has 16 heavy (non-hydrogen) atoms. The number of esters is 2. The smallest absolute Gasteiger partial charge is 0.417 e. The molecular formula is C9H18ClNO5. The number of ether oxygens (including phenoxy) is 2. The van der Waals surface area contributed by atoms with Gasteiger partial charge >= 0.3 is 11.9 Å². The Balaban J connectivity index is 0. The number of aliphatic hydroxyl groups excluding tert-OH is 1. The molecule has 96 valence electrons. The van der Waals surface area contributed by atoms with Crippen molar-refractivity contribution in [2.45, 2.75) is 0 Å². The highest BCUT2D eigenvalue weighted by Gasteiger charge is 2.18. The maximum atomic E-state index is 10.9. The lowest BCUT2D eigenvalue weighted by atomic mass is 10.5. The van der Waals surface area contributed by atoms with E-state index in [1.807, 2.05) is 21.1 Å². The van der Waals surface area contributed by atoms with Crippen LogP contribution in [0.4, 0.5) is 0 Å². The molecule has 0 unspecified atom stereocenters. The van der Waals surface area contributed by atoms with E-state index in [0.29, 0.717) is 11.0 Å². The Labute approximate surface area is 101 Å². The topological polar surface area (TPSA) is 72.8 Å². The second-order valence-corrected chi connectivity index (χ2v) is 4.01. The minimum atomic E-state index is -1.06. The lowest BCUT2D eigenvalue weighted by molar-refractivity contribution is -0.870. The maximum absolute atomic E-state index is 10.9. The highest BCUT2D eigenvalue weighted by atomic mass is 35.5. The standard InChI is InChI=1S/C9H18NO5.ClH/c1-10(2,3)4-6-14-8(12)9(13)15-7-5-11;/h11H,4-7H2,1-3H3;1H/q+1;/p-1. The van der Waals surface area contributed by atoms with Gasteiger partial charge in [0, 0.05) is 0 Å². The van der Waals surface area contributed by atoms with Crippen molar-refractivity contribution in [3.8, 4) is 0 Å². The Morgan fingerprint density at radius 3 is 1.88 bits per heavy atom. The minimum absolute atomic E-state index is 0. The van der Waals surface area contributed by atoms with Crippen LogP contribution in [0.5, 0.6) is 0 Å². The lowest BCUT2D eigenvalue weighted by Gasteiger charge is -2.23. The average Bonchev–Trinajstić information content (AvgIpc) is 2.11. The molecule has 0 aromatic heterocycles. The Morgan fingerprint density at radius 2 is 1.50 bits per heavy atom. The summed E-state index contributed by atoms with van der Waals surface area (Å²) in [4.78, 5) is 21.8. The zero-order valence-electron chi connectivity index (χ0n) is 9.73. The number of hydrogen-bond donors (Lipinski definition) is 1. The van der Waals surface area contributed by atoms with E-state index in [9.17, 15) is 9.59 Å². The first-order valence-corrected chi connectivity index (χ1v) is 4.62. The molecule has 0 aromatic carbocycles. The van der Waals surface area contributed by atoms with E-state index in [4.69, 9.17) is 5.11 Å². The third kappa shape index (κ3) is 9.70. The van der Waals surface area contributed by atoms with E-state index in [1.54, 1.807) is 0 Å². The second-order valence-electron chi connectivity index (χ2n) is 4.01. The van der Waals surface area contributed by atoms with E-state index in [1.165, 1.54) is 0 Å². The van der Waals surface area contributed by atoms with Crippen molar-refractivity contribution in [2.75, 3.05) is 47.5 Å². The van der Waals surface area contributed by atoms with Gasteiger partial charge in [-0.1, -0.05) is 0 Å². The number of aliphatic hydroxyl groups is 1. The molecule has 0 saturated heterocycles. The summed E-state index contributed by atoms with van der Waals surface area (Å²) in [6, 6.07) is 0. The Morgan fingerprint density at radius 1 is 1.06 bits per heavy atom. The molecule has 0 radical (unpaired) electrons. The van der Waals surface area contributed by atoms with Gasteiger partial charge in [0.25, 0.3) is 0 Å². The second kappa shape index (κ2) is 8.32. The van der Waals surface area contributed by atoms with Gasteiger partial charge in [-0.15, -0.1) is 0 Å². The van der Waals surface area contributed by atoms with Crippen LogP contribution in [0, 0.1) is 0 Å². The molecule has 0 aliphatic carbocycles. The van der Waals surface area contributed by atoms with Crippen molar-refractivity contribution in [1.29, 1.82) is 0 Å². The number of hydrogen-bond acceptors (Lipinski definition) is 5. The van der Waals surface area contributed by atoms with Crippen molar-refractivity contribution < 1.29 is 41.1 Å². The van der Waals surface area contributed by atoms with E-state index < -0.39 is 11.9 Å². The van der Waals surface area contributed by atoms with Crippen molar-refractivity contribution in [3.05, 3.63) is 0 Å². The summed E-state index contributed by atoms with van der Waals surface area (Å²) >= 11 is 0. The lowest BCUT2D eigenvalue weighted by Crippen LogP contribution is -3.00. The van der Waals surface area contributed by atoms with Crippen LogP contribution in [0.25, 0.3) is 0 Å². The van der Waals surface area contributed by atoms with Crippen LogP contribution in [0.3, 0.4) is 0 Å². The molecule has 0 bridgehead atoms. The summed E-state index contributed by atoms with van der Waals surface area (Å²) in [5.74, 6) is -2.08. The number of nitrogens with zero attached hydrogens (tertiary/aromatic N) is 1. The first-order chi connectivity index (χ1) is 6.87. The summed E-state index contributed by atoms with van der Waals surface area (Å²) in [6.07, 6.45) is 0. The number of rotatable bonds is 5. The van der Waals surface area contributed by atoms with Crippen LogP contribution in [0.2, 0.25) is 0 Å². The molecule has 0 aromatic rings. The van der Waals surface area contributed by atoms with Crippen LogP contribution >= 0.6 is 0 Å². The van der Waals surface area contributed by atoms with E-state index in [2.05, 4.69) is 9.47 Å². The molecule has 0 heterocycles. The highest BCUT2D eigenvalue weighted by molar-refractivity contribution is 6.29. The Hall–Kier alpha value is -0.850. The first kappa shape index (κ1) is 17.5. The number of likely N-dealkylation sites (N-methyl/N-ethyl adjacent to an activating group) is 1. The summed E-state index contributed by atoms with van der Waals surface area (Å²) in [5.41, 5.74) is 0. The molecule has 0 amide bonds. The van der Waals surface area contributed by atoms with Crippen molar-refractivity contribution in [3.63, 3.8) is 0 Å². The van der Waals surface area contributed by atoms with Gasteiger partial charge in [0.15, 0.2) is 0 Å². The zero-order chi connectivity index (χ0) is 11.9. The van der Waals surface area contributed by atoms with Gasteiger partial charge in [0.1, 0.15) is 19.8 Å². The summed E-state index contributed by atoms with van der Waals surface area (Å²) < 4.78 is 9.67. The molecular weight excluding hydrogens is 238 g/mol. The summed E-state index contributed by atoms with van der Waals surface area (Å²) in [6.45, 7) is 0.275. The van der Waals surface area contributed by atoms with E-state index in [0.717, 1.165) is 0 Å². The number of halogens is 1. The average molecular weight is 256 g/mol. The third-order valence-corrected chi connectivity index (χ3v) is 1.49.